The molecule has 0 bridgehead atoms. The number of hydrogen-bond donors (Lipinski definition) is 0. The number of fused-ring (bicyclic) bond motifs is 1. The number of aromatic nitrogens is 2. The number of rotatable bonds is 4. The summed E-state index contributed by atoms with van der Waals surface area (Å²) in [5.41, 5.74) is 4.08. The van der Waals surface area contributed by atoms with Gasteiger partial charge in [0.15, 0.2) is 5.70 Å². The Hall–Kier alpha value is -2.52. The Bertz CT molecular complexity index is 1220. The standard InChI is InChI=1S/C25H28ClN6OS/c1-19-14-24(31(27-19)22-5-2-4-21(26)16-22)28-7-9-30(10-8-28)32-12-3-6-23(32)15-20(17-32)25(33)29-11-13-34-18-29/h2-6,12,14-16H,7-11,13,17-18H2,1H3/q+1/t32-/m1/s1. The summed E-state index contributed by atoms with van der Waals surface area (Å²) in [6, 6.07) is 9.97. The van der Waals surface area contributed by atoms with Crippen LogP contribution in [0.3, 0.4) is 0 Å². The molecule has 6 rings (SSSR count). The maximum Gasteiger partial charge on any atom is 0.256 e. The van der Waals surface area contributed by atoms with Crippen molar-refractivity contribution in [2.45, 2.75) is 6.92 Å². The van der Waals surface area contributed by atoms with E-state index in [0.717, 1.165) is 67.1 Å². The number of carbonyl (C=O) groups is 1. The summed E-state index contributed by atoms with van der Waals surface area (Å²) in [6.07, 6.45) is 8.64. The third-order valence-corrected chi connectivity index (χ3v) is 8.25. The number of allylic oxidation sites excluding steroid dienone is 3. The van der Waals surface area contributed by atoms with Crippen LogP contribution in [0.5, 0.6) is 0 Å². The first-order valence-corrected chi connectivity index (χ1v) is 13.3. The molecule has 0 saturated carbocycles. The van der Waals surface area contributed by atoms with Crippen LogP contribution in [-0.2, 0) is 4.79 Å². The second kappa shape index (κ2) is 8.61. The van der Waals surface area contributed by atoms with Gasteiger partial charge in [-0.3, -0.25) is 4.79 Å². The number of thioether (sulfide) groups is 1. The number of anilines is 1. The van der Waals surface area contributed by atoms with Gasteiger partial charge in [0, 0.05) is 48.6 Å². The molecule has 5 heterocycles. The van der Waals surface area contributed by atoms with Crippen LogP contribution < -0.4 is 4.90 Å². The van der Waals surface area contributed by atoms with Gasteiger partial charge < -0.3 is 9.80 Å². The monoisotopic (exact) mass is 495 g/mol. The molecule has 4 aliphatic heterocycles. The van der Waals surface area contributed by atoms with Crippen LogP contribution in [0.15, 0.2) is 66.0 Å². The zero-order chi connectivity index (χ0) is 23.3. The number of amides is 1. The van der Waals surface area contributed by atoms with E-state index < -0.39 is 0 Å². The van der Waals surface area contributed by atoms with E-state index in [4.69, 9.17) is 16.7 Å². The zero-order valence-electron chi connectivity index (χ0n) is 19.2. The van der Waals surface area contributed by atoms with Crippen LogP contribution >= 0.6 is 23.4 Å². The van der Waals surface area contributed by atoms with E-state index in [1.165, 1.54) is 5.70 Å². The van der Waals surface area contributed by atoms with Crippen LogP contribution in [0.25, 0.3) is 5.69 Å². The van der Waals surface area contributed by atoms with Crippen LogP contribution in [0.2, 0.25) is 5.02 Å². The van der Waals surface area contributed by atoms with E-state index in [1.807, 2.05) is 52.5 Å². The molecule has 9 heteroatoms. The van der Waals surface area contributed by atoms with E-state index in [0.29, 0.717) is 16.2 Å². The topological polar surface area (TPSA) is 44.6 Å². The summed E-state index contributed by atoms with van der Waals surface area (Å²) >= 11 is 8.08. The number of piperazine rings is 1. The molecule has 1 atom stereocenters. The predicted octanol–water partition coefficient (Wildman–Crippen LogP) is 3.57. The van der Waals surface area contributed by atoms with Crippen LogP contribution in [-0.4, -0.2) is 81.1 Å². The molecule has 1 amide bonds. The maximum absolute atomic E-state index is 13.1. The van der Waals surface area contributed by atoms with E-state index in [9.17, 15) is 4.79 Å². The summed E-state index contributed by atoms with van der Waals surface area (Å²) in [5, 5.41) is 7.94. The SMILES string of the molecule is Cc1cc(N2CCN([N@@+]34C=CC=C3C=C(C(=O)N3CCSC3)C4)CC2)n(-c2cccc(Cl)c2)n1. The average Bonchev–Trinajstić information content (AvgIpc) is 3.62. The molecule has 34 heavy (non-hydrogen) atoms. The van der Waals surface area contributed by atoms with E-state index >= 15 is 0 Å². The van der Waals surface area contributed by atoms with E-state index in [1.54, 1.807) is 0 Å². The van der Waals surface area contributed by atoms with Crippen molar-refractivity contribution in [3.05, 3.63) is 76.7 Å². The first-order valence-electron chi connectivity index (χ1n) is 11.7. The van der Waals surface area contributed by atoms with Gasteiger partial charge in [0.2, 0.25) is 0 Å². The Balaban J connectivity index is 1.19. The first-order chi connectivity index (χ1) is 16.5. The van der Waals surface area contributed by atoms with Gasteiger partial charge in [-0.2, -0.15) is 9.69 Å². The first kappa shape index (κ1) is 22.0. The third kappa shape index (κ3) is 3.69. The Kier molecular flexibility index (Phi) is 5.56. The number of benzene rings is 1. The molecular formula is C25H28ClN6OS+. The lowest BCUT2D eigenvalue weighted by atomic mass is 10.2. The molecule has 0 aliphatic carbocycles. The number of nitrogens with zero attached hydrogens (tertiary/aromatic N) is 6. The number of hydrogen-bond acceptors (Lipinski definition) is 5. The van der Waals surface area contributed by atoms with Gasteiger partial charge >= 0.3 is 0 Å². The molecule has 2 aromatic rings. The van der Waals surface area contributed by atoms with Crippen molar-refractivity contribution in [2.24, 2.45) is 0 Å². The van der Waals surface area contributed by atoms with E-state index in [2.05, 4.69) is 40.4 Å². The number of aryl methyl sites for hydroxylation is 1. The molecular weight excluding hydrogens is 468 g/mol. The van der Waals surface area contributed by atoms with Crippen molar-refractivity contribution in [3.63, 3.8) is 0 Å². The third-order valence-electron chi connectivity index (χ3n) is 7.05. The molecule has 1 aromatic heterocycles. The van der Waals surface area contributed by atoms with Gasteiger partial charge in [0.05, 0.1) is 35.9 Å². The summed E-state index contributed by atoms with van der Waals surface area (Å²) in [5.74, 6) is 3.14. The predicted molar refractivity (Wildman–Crippen MR) is 137 cm³/mol. The maximum atomic E-state index is 13.1. The van der Waals surface area contributed by atoms with Crippen LogP contribution in [0.1, 0.15) is 5.69 Å². The molecule has 1 aromatic carbocycles. The number of carbonyl (C=O) groups excluding carboxylic acids is 1. The molecule has 0 unspecified atom stereocenters. The fourth-order valence-electron chi connectivity index (χ4n) is 5.34. The number of halogens is 1. The fourth-order valence-corrected chi connectivity index (χ4v) is 6.47. The van der Waals surface area contributed by atoms with Gasteiger partial charge in [-0.1, -0.05) is 17.7 Å². The zero-order valence-corrected chi connectivity index (χ0v) is 20.8. The lowest BCUT2D eigenvalue weighted by Crippen LogP contribution is -2.60. The second-order valence-corrected chi connectivity index (χ2v) is 10.7. The Morgan fingerprint density at radius 1 is 1.15 bits per heavy atom. The minimum atomic E-state index is 0.200. The summed E-state index contributed by atoms with van der Waals surface area (Å²) in [6.45, 7) is 7.17. The molecule has 4 aliphatic rings. The van der Waals surface area contributed by atoms with Gasteiger partial charge in [0.1, 0.15) is 18.6 Å². The molecule has 2 fully saturated rings. The largest absolute Gasteiger partial charge is 0.353 e. The van der Waals surface area contributed by atoms with Crippen molar-refractivity contribution in [1.82, 2.24) is 19.7 Å². The van der Waals surface area contributed by atoms with Gasteiger partial charge in [0.25, 0.3) is 5.91 Å². The molecule has 2 saturated heterocycles. The summed E-state index contributed by atoms with van der Waals surface area (Å²) < 4.78 is 2.63. The van der Waals surface area contributed by atoms with Crippen molar-refractivity contribution in [2.75, 3.05) is 55.8 Å². The second-order valence-electron chi connectivity index (χ2n) is 9.17. The summed E-state index contributed by atoms with van der Waals surface area (Å²) in [4.78, 5) is 17.5. The minimum Gasteiger partial charge on any atom is -0.353 e. The molecule has 7 nitrogen and oxygen atoms in total. The smallest absolute Gasteiger partial charge is 0.256 e. The fraction of sp³-hybridized carbons (Fsp3) is 0.360. The molecule has 176 valence electrons. The Morgan fingerprint density at radius 3 is 2.76 bits per heavy atom. The van der Waals surface area contributed by atoms with Crippen molar-refractivity contribution >= 4 is 35.1 Å². The number of quaternary nitrogens is 1. The van der Waals surface area contributed by atoms with Crippen molar-refractivity contribution in [3.8, 4) is 5.69 Å². The molecule has 0 radical (unpaired) electrons. The Morgan fingerprint density at radius 2 is 2.00 bits per heavy atom. The Labute approximate surface area is 209 Å². The van der Waals surface area contributed by atoms with Gasteiger partial charge in [-0.05, 0) is 31.2 Å². The lowest BCUT2D eigenvalue weighted by Gasteiger charge is -2.44. The highest BCUT2D eigenvalue weighted by Gasteiger charge is 2.48. The average molecular weight is 496 g/mol. The van der Waals surface area contributed by atoms with Gasteiger partial charge in [-0.15, -0.1) is 16.8 Å². The normalized spacial score (nSPS) is 24.5. The van der Waals surface area contributed by atoms with Crippen molar-refractivity contribution < 1.29 is 9.39 Å². The van der Waals surface area contributed by atoms with Gasteiger partial charge in [-0.25, -0.2) is 4.68 Å². The van der Waals surface area contributed by atoms with Crippen LogP contribution in [0, 0.1) is 6.92 Å². The molecule has 0 N–H and O–H groups in total. The highest BCUT2D eigenvalue weighted by Crippen LogP contribution is 2.38. The van der Waals surface area contributed by atoms with E-state index in [-0.39, 0.29) is 5.91 Å². The summed E-state index contributed by atoms with van der Waals surface area (Å²) in [7, 11) is 0. The highest BCUT2D eigenvalue weighted by molar-refractivity contribution is 7.99. The van der Waals surface area contributed by atoms with Crippen molar-refractivity contribution in [1.29, 1.82) is 0 Å². The minimum absolute atomic E-state index is 0.200. The lowest BCUT2D eigenvalue weighted by molar-refractivity contribution is -0.948. The quantitative estimate of drug-likeness (QED) is 0.607. The van der Waals surface area contributed by atoms with Crippen LogP contribution in [0.4, 0.5) is 5.82 Å². The molecule has 0 spiro atoms. The highest BCUT2D eigenvalue weighted by atomic mass is 35.5.